The third-order valence-corrected chi connectivity index (χ3v) is 6.03. The number of nitrogens with one attached hydrogen (secondary N) is 1. The fraction of sp³-hybridized carbons (Fsp3) is 0.381. The molecule has 0 unspecified atom stereocenters. The molecule has 0 amide bonds. The number of pyridine rings is 1. The van der Waals surface area contributed by atoms with Gasteiger partial charge < -0.3 is 9.88 Å². The Bertz CT molecular complexity index is 1030. The lowest BCUT2D eigenvalue weighted by Crippen LogP contribution is -2.24. The van der Waals surface area contributed by atoms with Crippen molar-refractivity contribution in [3.05, 3.63) is 70.0 Å². The minimum absolute atomic E-state index is 0.0242. The van der Waals surface area contributed by atoms with Crippen molar-refractivity contribution in [1.29, 1.82) is 0 Å². The maximum absolute atomic E-state index is 13.3. The first-order valence-corrected chi connectivity index (χ1v) is 10.5. The number of alkyl halides is 3. The zero-order valence-corrected chi connectivity index (χ0v) is 17.9. The first-order chi connectivity index (χ1) is 14.3. The quantitative estimate of drug-likeness (QED) is 0.504. The molecule has 1 fully saturated rings. The van der Waals surface area contributed by atoms with Crippen LogP contribution in [0.4, 0.5) is 18.9 Å². The molecule has 9 heteroatoms. The third-order valence-electron chi connectivity index (χ3n) is 5.59. The summed E-state index contributed by atoms with van der Waals surface area (Å²) in [5.74, 6) is 1.52. The van der Waals surface area contributed by atoms with Gasteiger partial charge in [0.1, 0.15) is 12.2 Å². The molecule has 4 rings (SSSR count). The van der Waals surface area contributed by atoms with E-state index in [2.05, 4.69) is 36.4 Å². The Kier molecular flexibility index (Phi) is 5.81. The van der Waals surface area contributed by atoms with E-state index < -0.39 is 11.7 Å². The highest BCUT2D eigenvalue weighted by atomic mass is 79.9. The van der Waals surface area contributed by atoms with Crippen molar-refractivity contribution in [3.63, 3.8) is 0 Å². The van der Waals surface area contributed by atoms with Crippen molar-refractivity contribution >= 4 is 21.6 Å². The molecule has 1 saturated carbocycles. The van der Waals surface area contributed by atoms with Crippen LogP contribution in [-0.4, -0.2) is 19.7 Å². The highest BCUT2D eigenvalue weighted by Crippen LogP contribution is 2.43. The summed E-state index contributed by atoms with van der Waals surface area (Å²) in [6.45, 7) is -0.0242. The van der Waals surface area contributed by atoms with Crippen LogP contribution in [0.1, 0.15) is 47.8 Å². The van der Waals surface area contributed by atoms with E-state index in [4.69, 9.17) is 0 Å². The van der Waals surface area contributed by atoms with E-state index in [9.17, 15) is 13.2 Å². The molecular formula is C21H21BrF3N5. The minimum atomic E-state index is -4.46. The molecule has 30 heavy (non-hydrogen) atoms. The highest BCUT2D eigenvalue weighted by Gasteiger charge is 2.35. The van der Waals surface area contributed by atoms with Crippen molar-refractivity contribution in [2.75, 3.05) is 5.32 Å². The maximum atomic E-state index is 13.3. The van der Waals surface area contributed by atoms with Crippen molar-refractivity contribution < 1.29 is 13.2 Å². The Balaban J connectivity index is 1.58. The van der Waals surface area contributed by atoms with Crippen molar-refractivity contribution in [1.82, 2.24) is 19.7 Å². The molecule has 2 heterocycles. The maximum Gasteiger partial charge on any atom is 0.418 e. The Hall–Kier alpha value is -2.42. The zero-order chi connectivity index (χ0) is 21.3. The Morgan fingerprint density at radius 3 is 2.70 bits per heavy atom. The molecule has 0 aliphatic heterocycles. The van der Waals surface area contributed by atoms with Crippen molar-refractivity contribution in [3.8, 4) is 0 Å². The predicted octanol–water partition coefficient (Wildman–Crippen LogP) is 5.54. The van der Waals surface area contributed by atoms with E-state index >= 15 is 0 Å². The van der Waals surface area contributed by atoms with Gasteiger partial charge in [0, 0.05) is 29.3 Å². The molecule has 0 radical (unpaired) electrons. The van der Waals surface area contributed by atoms with Gasteiger partial charge in [0.15, 0.2) is 0 Å². The SMILES string of the molecule is Cn1cnnc1[C@@H](c1cccc(NCc2ncc(Br)cc2C(F)(F)F)c1)C1CCC1. The summed E-state index contributed by atoms with van der Waals surface area (Å²) in [4.78, 5) is 3.97. The number of anilines is 1. The van der Waals surface area contributed by atoms with Crippen LogP contribution in [0.25, 0.3) is 0 Å². The van der Waals surface area contributed by atoms with Gasteiger partial charge in [-0.15, -0.1) is 10.2 Å². The first-order valence-electron chi connectivity index (χ1n) is 9.72. The molecule has 2 aromatic heterocycles. The zero-order valence-electron chi connectivity index (χ0n) is 16.3. The normalized spacial score (nSPS) is 15.6. The Morgan fingerprint density at radius 1 is 1.27 bits per heavy atom. The van der Waals surface area contributed by atoms with Crippen LogP contribution in [0.5, 0.6) is 0 Å². The van der Waals surface area contributed by atoms with Gasteiger partial charge in [0.05, 0.1) is 17.8 Å². The Morgan fingerprint density at radius 2 is 2.07 bits per heavy atom. The largest absolute Gasteiger partial charge is 0.418 e. The van der Waals surface area contributed by atoms with Crippen molar-refractivity contribution in [2.45, 2.75) is 37.9 Å². The predicted molar refractivity (Wildman–Crippen MR) is 111 cm³/mol. The lowest BCUT2D eigenvalue weighted by atomic mass is 9.72. The fourth-order valence-electron chi connectivity index (χ4n) is 3.86. The second-order valence-electron chi connectivity index (χ2n) is 7.59. The number of halogens is 4. The van der Waals surface area contributed by atoms with Crippen LogP contribution in [0.3, 0.4) is 0 Å². The molecule has 1 aliphatic carbocycles. The van der Waals surface area contributed by atoms with E-state index in [0.717, 1.165) is 36.0 Å². The lowest BCUT2D eigenvalue weighted by Gasteiger charge is -2.33. The molecule has 1 aliphatic rings. The van der Waals surface area contributed by atoms with E-state index in [1.165, 1.54) is 12.6 Å². The fourth-order valence-corrected chi connectivity index (χ4v) is 4.19. The van der Waals surface area contributed by atoms with E-state index in [1.54, 1.807) is 6.33 Å². The second kappa shape index (κ2) is 8.37. The molecule has 158 valence electrons. The average Bonchev–Trinajstić information content (AvgIpc) is 3.08. The molecule has 0 spiro atoms. The molecule has 3 aromatic rings. The van der Waals surface area contributed by atoms with Crippen LogP contribution in [0, 0.1) is 5.92 Å². The number of nitrogens with zero attached hydrogens (tertiary/aromatic N) is 4. The number of aryl methyl sites for hydroxylation is 1. The molecular weight excluding hydrogens is 459 g/mol. The summed E-state index contributed by atoms with van der Waals surface area (Å²) in [5.41, 5.74) is 1.05. The van der Waals surface area contributed by atoms with Crippen LogP contribution in [0.15, 0.2) is 47.3 Å². The summed E-state index contributed by atoms with van der Waals surface area (Å²) in [6, 6.07) is 8.86. The topological polar surface area (TPSA) is 55.6 Å². The van der Waals surface area contributed by atoms with Gasteiger partial charge >= 0.3 is 6.18 Å². The highest BCUT2D eigenvalue weighted by molar-refractivity contribution is 9.10. The Labute approximate surface area is 180 Å². The molecule has 5 nitrogen and oxygen atoms in total. The monoisotopic (exact) mass is 479 g/mol. The third kappa shape index (κ3) is 4.35. The van der Waals surface area contributed by atoms with Gasteiger partial charge in [0.2, 0.25) is 0 Å². The summed E-state index contributed by atoms with van der Waals surface area (Å²) in [6.07, 6.45) is 2.08. The number of benzene rings is 1. The van der Waals surface area contributed by atoms with Crippen LogP contribution in [0.2, 0.25) is 0 Å². The van der Waals surface area contributed by atoms with Gasteiger partial charge in [-0.05, 0) is 58.5 Å². The first kappa shape index (κ1) is 20.8. The number of rotatable bonds is 6. The van der Waals surface area contributed by atoms with Crippen LogP contribution < -0.4 is 5.32 Å². The number of hydrogen-bond acceptors (Lipinski definition) is 4. The number of aromatic nitrogens is 4. The van der Waals surface area contributed by atoms with Crippen LogP contribution >= 0.6 is 15.9 Å². The molecule has 0 bridgehead atoms. The smallest absolute Gasteiger partial charge is 0.379 e. The van der Waals surface area contributed by atoms with Gasteiger partial charge in [-0.3, -0.25) is 4.98 Å². The lowest BCUT2D eigenvalue weighted by molar-refractivity contribution is -0.138. The summed E-state index contributed by atoms with van der Waals surface area (Å²) >= 11 is 3.06. The van der Waals surface area contributed by atoms with Gasteiger partial charge in [-0.1, -0.05) is 18.6 Å². The molecule has 1 aromatic carbocycles. The summed E-state index contributed by atoms with van der Waals surface area (Å²) < 4.78 is 42.3. The van der Waals surface area contributed by atoms with E-state index in [-0.39, 0.29) is 18.2 Å². The van der Waals surface area contributed by atoms with Gasteiger partial charge in [-0.2, -0.15) is 13.2 Å². The number of hydrogen-bond donors (Lipinski definition) is 1. The average molecular weight is 480 g/mol. The van der Waals surface area contributed by atoms with Crippen LogP contribution in [-0.2, 0) is 19.8 Å². The van der Waals surface area contributed by atoms with Crippen molar-refractivity contribution in [2.24, 2.45) is 13.0 Å². The molecule has 1 N–H and O–H groups in total. The molecule has 1 atom stereocenters. The summed E-state index contributed by atoms with van der Waals surface area (Å²) in [7, 11) is 1.93. The van der Waals surface area contributed by atoms with E-state index in [0.29, 0.717) is 10.4 Å². The van der Waals surface area contributed by atoms with Gasteiger partial charge in [-0.25, -0.2) is 0 Å². The standard InChI is InChI=1S/C21H21BrF3N5/c1-30-12-28-29-20(30)19(13-4-2-5-13)14-6-3-7-16(8-14)26-11-18-17(21(23,24)25)9-15(22)10-27-18/h3,6-10,12-13,19,26H,2,4-5,11H2,1H3/t19-/m1/s1. The van der Waals surface area contributed by atoms with Gasteiger partial charge in [0.25, 0.3) is 0 Å². The summed E-state index contributed by atoms with van der Waals surface area (Å²) in [5, 5.41) is 11.4. The second-order valence-corrected chi connectivity index (χ2v) is 8.51. The minimum Gasteiger partial charge on any atom is -0.379 e. The molecule has 0 saturated heterocycles. The van der Waals surface area contributed by atoms with E-state index in [1.807, 2.05) is 35.9 Å².